The molecule has 0 aliphatic heterocycles. The molecule has 0 unspecified atom stereocenters. The minimum atomic E-state index is -1.59. The number of carbonyl (C=O) groups excluding carboxylic acids is 4. The van der Waals surface area contributed by atoms with Gasteiger partial charge in [-0.2, -0.15) is 0 Å². The number of Topliss-reactive ketones (excluding diaryl/α,β-unsaturated/α-hetero) is 1. The van der Waals surface area contributed by atoms with Gasteiger partial charge < -0.3 is 43.4 Å². The molecule has 0 bridgehead atoms. The van der Waals surface area contributed by atoms with Crippen LogP contribution in [0, 0.1) is 11.8 Å². The zero-order chi connectivity index (χ0) is 34.8. The fraction of sp³-hybridized carbons (Fsp3) is 0.581. The van der Waals surface area contributed by atoms with Crippen molar-refractivity contribution in [2.24, 2.45) is 34.0 Å². The summed E-state index contributed by atoms with van der Waals surface area (Å²) in [6.07, 6.45) is 0.975. The molecule has 256 valence electrons. The number of carboxylic acid groups (broad SMARTS) is 2. The van der Waals surface area contributed by atoms with Crippen LogP contribution in [0.1, 0.15) is 71.3 Å². The SMILES string of the molecule is CCCC[C@H](NC(=O)[C@@H](N)CCCN=C(N)N)C(=O)N[C@@H](CC(=O)O)C(=O)N[C@H](C(=O)C[C@@H](Cc1ccccc1)C(=O)O)C(C)C. The number of rotatable bonds is 22. The molecular formula is C31H49N7O8. The lowest BCUT2D eigenvalue weighted by molar-refractivity contribution is -0.144. The van der Waals surface area contributed by atoms with Crippen LogP contribution in [0.5, 0.6) is 0 Å². The Morgan fingerprint density at radius 3 is 1.98 bits per heavy atom. The number of aliphatic imine (C=N–C) groups is 1. The number of nitrogens with zero attached hydrogens (tertiary/aromatic N) is 1. The molecule has 3 amide bonds. The molecule has 0 saturated heterocycles. The third kappa shape index (κ3) is 15.0. The number of unbranched alkanes of at least 4 members (excludes halogenated alkanes) is 1. The van der Waals surface area contributed by atoms with Crippen LogP contribution in [-0.4, -0.2) is 82.3 Å². The average Bonchev–Trinajstić information content (AvgIpc) is 2.98. The van der Waals surface area contributed by atoms with Crippen LogP contribution in [0.3, 0.4) is 0 Å². The summed E-state index contributed by atoms with van der Waals surface area (Å²) in [4.78, 5) is 80.0. The number of hydrogen-bond acceptors (Lipinski definition) is 8. The second kappa shape index (κ2) is 20.5. The average molecular weight is 648 g/mol. The van der Waals surface area contributed by atoms with Gasteiger partial charge in [0.15, 0.2) is 11.7 Å². The predicted octanol–water partition coefficient (Wildman–Crippen LogP) is 0.0453. The van der Waals surface area contributed by atoms with Crippen molar-refractivity contribution in [1.29, 1.82) is 0 Å². The van der Waals surface area contributed by atoms with E-state index in [1.807, 2.05) is 6.92 Å². The molecule has 0 heterocycles. The van der Waals surface area contributed by atoms with E-state index in [0.717, 1.165) is 5.56 Å². The van der Waals surface area contributed by atoms with Crippen LogP contribution in [0.4, 0.5) is 0 Å². The van der Waals surface area contributed by atoms with Crippen molar-refractivity contribution >= 4 is 41.4 Å². The summed E-state index contributed by atoms with van der Waals surface area (Å²) in [7, 11) is 0. The Balaban J connectivity index is 3.03. The van der Waals surface area contributed by atoms with E-state index in [4.69, 9.17) is 17.2 Å². The highest BCUT2D eigenvalue weighted by atomic mass is 16.4. The highest BCUT2D eigenvalue weighted by molar-refractivity contribution is 5.97. The number of amides is 3. The third-order valence-electron chi connectivity index (χ3n) is 7.23. The molecule has 1 aromatic carbocycles. The molecule has 0 radical (unpaired) electrons. The first-order valence-corrected chi connectivity index (χ1v) is 15.4. The Morgan fingerprint density at radius 1 is 0.826 bits per heavy atom. The monoisotopic (exact) mass is 647 g/mol. The van der Waals surface area contributed by atoms with E-state index in [0.29, 0.717) is 19.3 Å². The number of nitrogens with one attached hydrogen (secondary N) is 3. The number of hydrogen-bond donors (Lipinski definition) is 8. The zero-order valence-corrected chi connectivity index (χ0v) is 26.7. The van der Waals surface area contributed by atoms with Gasteiger partial charge in [-0.1, -0.05) is 63.9 Å². The van der Waals surface area contributed by atoms with Crippen LogP contribution in [0.25, 0.3) is 0 Å². The van der Waals surface area contributed by atoms with Crippen LogP contribution in [-0.2, 0) is 35.2 Å². The summed E-state index contributed by atoms with van der Waals surface area (Å²) >= 11 is 0. The van der Waals surface area contributed by atoms with Crippen LogP contribution in [0.2, 0.25) is 0 Å². The molecule has 46 heavy (non-hydrogen) atoms. The first kappa shape index (κ1) is 39.5. The fourth-order valence-corrected chi connectivity index (χ4v) is 4.65. The lowest BCUT2D eigenvalue weighted by atomic mass is 9.89. The molecule has 0 fully saturated rings. The maximum atomic E-state index is 13.3. The summed E-state index contributed by atoms with van der Waals surface area (Å²) in [6, 6.07) is 3.98. The standard InChI is InChI=1S/C31H49N7O8/c1-4-5-13-22(36-27(42)21(32)12-9-14-35-31(33)34)28(43)37-23(17-25(40)41)29(44)38-26(18(2)3)24(39)16-20(30(45)46)15-19-10-7-6-8-11-19/h6-8,10-11,18,20-23,26H,4-5,9,12-17,32H2,1-3H3,(H,36,42)(H,37,43)(H,38,44)(H,40,41)(H,45,46)(H4,33,34,35)/t20-,21+,22+,23+,26+/m1/s1. The van der Waals surface area contributed by atoms with Crippen molar-refractivity contribution in [1.82, 2.24) is 16.0 Å². The largest absolute Gasteiger partial charge is 0.481 e. The zero-order valence-electron chi connectivity index (χ0n) is 26.7. The van der Waals surface area contributed by atoms with Gasteiger partial charge in [0, 0.05) is 13.0 Å². The molecule has 0 aliphatic rings. The number of benzene rings is 1. The van der Waals surface area contributed by atoms with Crippen LogP contribution in [0.15, 0.2) is 35.3 Å². The first-order chi connectivity index (χ1) is 21.7. The quantitative estimate of drug-likeness (QED) is 0.0473. The van der Waals surface area contributed by atoms with Gasteiger partial charge in [-0.25, -0.2) is 0 Å². The molecule has 11 N–H and O–H groups in total. The van der Waals surface area contributed by atoms with E-state index >= 15 is 0 Å². The first-order valence-electron chi connectivity index (χ1n) is 15.4. The van der Waals surface area contributed by atoms with Gasteiger partial charge in [-0.05, 0) is 37.2 Å². The molecule has 0 aliphatic carbocycles. The van der Waals surface area contributed by atoms with Gasteiger partial charge in [-0.3, -0.25) is 33.8 Å². The van der Waals surface area contributed by atoms with Crippen LogP contribution < -0.4 is 33.2 Å². The Labute approximate surface area is 269 Å². The van der Waals surface area contributed by atoms with E-state index in [9.17, 15) is 39.0 Å². The van der Waals surface area contributed by atoms with Crippen molar-refractivity contribution in [3.8, 4) is 0 Å². The van der Waals surface area contributed by atoms with E-state index in [1.165, 1.54) is 0 Å². The van der Waals surface area contributed by atoms with E-state index in [-0.39, 0.29) is 38.2 Å². The predicted molar refractivity (Wildman–Crippen MR) is 171 cm³/mol. The Hall–Kier alpha value is -4.53. The number of carboxylic acids is 2. The molecule has 15 nitrogen and oxygen atoms in total. The third-order valence-corrected chi connectivity index (χ3v) is 7.23. The van der Waals surface area contributed by atoms with Crippen molar-refractivity contribution in [3.63, 3.8) is 0 Å². The highest BCUT2D eigenvalue weighted by Gasteiger charge is 2.34. The fourth-order valence-electron chi connectivity index (χ4n) is 4.65. The topological polar surface area (TPSA) is 269 Å². The van der Waals surface area contributed by atoms with E-state index in [2.05, 4.69) is 20.9 Å². The molecule has 0 spiro atoms. The number of ketones is 1. The van der Waals surface area contributed by atoms with Gasteiger partial charge in [0.25, 0.3) is 0 Å². The molecule has 1 aromatic rings. The van der Waals surface area contributed by atoms with E-state index in [1.54, 1.807) is 44.2 Å². The maximum Gasteiger partial charge on any atom is 0.307 e. The van der Waals surface area contributed by atoms with Gasteiger partial charge in [-0.15, -0.1) is 0 Å². The molecule has 5 atom stereocenters. The maximum absolute atomic E-state index is 13.3. The second-order valence-electron chi connectivity index (χ2n) is 11.5. The lowest BCUT2D eigenvalue weighted by Crippen LogP contribution is -2.58. The number of carbonyl (C=O) groups is 6. The Bertz CT molecular complexity index is 1200. The van der Waals surface area contributed by atoms with Crippen LogP contribution >= 0.6 is 0 Å². The lowest BCUT2D eigenvalue weighted by Gasteiger charge is -2.27. The van der Waals surface area contributed by atoms with Gasteiger partial charge in [0.05, 0.1) is 24.4 Å². The minimum Gasteiger partial charge on any atom is -0.481 e. The van der Waals surface area contributed by atoms with Crippen molar-refractivity contribution in [2.75, 3.05) is 6.54 Å². The van der Waals surface area contributed by atoms with Crippen molar-refractivity contribution in [2.45, 2.75) is 96.3 Å². The number of guanidine groups is 1. The molecule has 0 saturated carbocycles. The van der Waals surface area contributed by atoms with Gasteiger partial charge in [0.2, 0.25) is 17.7 Å². The highest BCUT2D eigenvalue weighted by Crippen LogP contribution is 2.17. The summed E-state index contributed by atoms with van der Waals surface area (Å²) in [6.45, 7) is 5.44. The Morgan fingerprint density at radius 2 is 1.43 bits per heavy atom. The minimum absolute atomic E-state index is 0.0918. The summed E-state index contributed by atoms with van der Waals surface area (Å²) < 4.78 is 0. The summed E-state index contributed by atoms with van der Waals surface area (Å²) in [5, 5.41) is 26.7. The normalized spacial score (nSPS) is 14.2. The number of aliphatic carboxylic acids is 2. The molecule has 0 aromatic heterocycles. The van der Waals surface area contributed by atoms with Gasteiger partial charge >= 0.3 is 11.9 Å². The van der Waals surface area contributed by atoms with Crippen molar-refractivity contribution < 1.29 is 39.0 Å². The van der Waals surface area contributed by atoms with Gasteiger partial charge in [0.1, 0.15) is 12.1 Å². The number of nitrogens with two attached hydrogens (primary N) is 3. The molecule has 1 rings (SSSR count). The van der Waals surface area contributed by atoms with E-state index < -0.39 is 77.9 Å². The summed E-state index contributed by atoms with van der Waals surface area (Å²) in [5.74, 6) is -7.08. The Kier molecular flexibility index (Phi) is 17.6. The van der Waals surface area contributed by atoms with Crippen molar-refractivity contribution in [3.05, 3.63) is 35.9 Å². The second-order valence-corrected chi connectivity index (χ2v) is 11.5. The summed E-state index contributed by atoms with van der Waals surface area (Å²) in [5.41, 5.74) is 17.3. The molecule has 15 heteroatoms. The smallest absolute Gasteiger partial charge is 0.307 e. The molecular weight excluding hydrogens is 598 g/mol.